The van der Waals surface area contributed by atoms with E-state index >= 15 is 4.39 Å². The third-order valence-corrected chi connectivity index (χ3v) is 14.2. The number of phenolic OH excluding ortho intramolecular Hbond substituents is 1. The van der Waals surface area contributed by atoms with Gasteiger partial charge in [-0.25, -0.2) is 18.4 Å². The highest BCUT2D eigenvalue weighted by Crippen LogP contribution is 2.40. The molecule has 7 rings (SSSR count). The Labute approximate surface area is 391 Å². The minimum Gasteiger partial charge on any atom is -0.506 e. The molecule has 2 aliphatic rings. The van der Waals surface area contributed by atoms with E-state index in [9.17, 15) is 42.6 Å². The number of aliphatic hydroxyl groups excluding tert-OH is 1. The molecule has 0 radical (unpaired) electrons. The maximum Gasteiger partial charge on any atom is 0.326 e. The van der Waals surface area contributed by atoms with Crippen LogP contribution in [0.25, 0.3) is 32.3 Å². The second-order valence-electron chi connectivity index (χ2n) is 18.0. The van der Waals surface area contributed by atoms with Gasteiger partial charge in [0.15, 0.2) is 5.82 Å². The normalized spacial score (nSPS) is 17.9. The van der Waals surface area contributed by atoms with E-state index in [1.807, 2.05) is 58.9 Å². The number of β-amino-alcohol motifs (C(OH)–C–C–N with tert-alkyl or cyclic N) is 1. The van der Waals surface area contributed by atoms with Gasteiger partial charge in [0.05, 0.1) is 34.4 Å². The summed E-state index contributed by atoms with van der Waals surface area (Å²) in [6.07, 6.45) is 4.05. The largest absolute Gasteiger partial charge is 0.506 e. The molecule has 4 heterocycles. The van der Waals surface area contributed by atoms with Crippen LogP contribution >= 0.6 is 11.3 Å². The Morgan fingerprint density at radius 3 is 2.40 bits per heavy atom. The number of aromatic nitrogens is 3. The van der Waals surface area contributed by atoms with Gasteiger partial charge in [0.2, 0.25) is 23.6 Å². The number of nitrogens with one attached hydrogen (secondary N) is 4. The van der Waals surface area contributed by atoms with Crippen LogP contribution in [0.1, 0.15) is 77.1 Å². The van der Waals surface area contributed by atoms with E-state index in [1.54, 1.807) is 39.9 Å². The molecule has 0 spiro atoms. The van der Waals surface area contributed by atoms with Crippen molar-refractivity contribution in [2.75, 3.05) is 23.9 Å². The zero-order valence-electron chi connectivity index (χ0n) is 37.7. The number of aromatic hydroxyl groups is 1. The van der Waals surface area contributed by atoms with E-state index in [1.165, 1.54) is 27.9 Å². The molecule has 3 aromatic carbocycles. The summed E-state index contributed by atoms with van der Waals surface area (Å²) in [6, 6.07) is 11.5. The highest BCUT2D eigenvalue weighted by atomic mass is 32.2. The smallest absolute Gasteiger partial charge is 0.326 e. The number of rotatable bonds is 16. The lowest BCUT2D eigenvalue weighted by Crippen LogP contribution is -2.57. The van der Waals surface area contributed by atoms with Crippen molar-refractivity contribution in [3.63, 3.8) is 0 Å². The molecule has 5 amide bonds. The molecule has 0 aliphatic carbocycles. The predicted octanol–water partition coefficient (Wildman–Crippen LogP) is 4.21. The molecule has 2 saturated heterocycles. The number of carbonyl (C=O) groups is 5. The average Bonchev–Trinajstić information content (AvgIpc) is 4.07. The Morgan fingerprint density at radius 2 is 1.73 bits per heavy atom. The molecular formula is C46H54FN9O9S2. The van der Waals surface area contributed by atoms with Crippen LogP contribution in [0.4, 0.5) is 10.1 Å². The van der Waals surface area contributed by atoms with Gasteiger partial charge in [-0.3, -0.25) is 28.7 Å². The van der Waals surface area contributed by atoms with Crippen LogP contribution in [0.15, 0.2) is 66.4 Å². The zero-order valence-corrected chi connectivity index (χ0v) is 39.3. The van der Waals surface area contributed by atoms with E-state index in [4.69, 9.17) is 0 Å². The van der Waals surface area contributed by atoms with Crippen molar-refractivity contribution in [3.05, 3.63) is 83.5 Å². The van der Waals surface area contributed by atoms with Crippen molar-refractivity contribution in [3.8, 4) is 27.3 Å². The summed E-state index contributed by atoms with van der Waals surface area (Å²) in [5, 5.41) is 34.4. The number of fused-ring (bicyclic) bond motifs is 1. The van der Waals surface area contributed by atoms with Crippen molar-refractivity contribution >= 4 is 67.5 Å². The van der Waals surface area contributed by atoms with Gasteiger partial charge in [-0.05, 0) is 66.3 Å². The van der Waals surface area contributed by atoms with Crippen LogP contribution in [0.3, 0.4) is 0 Å². The van der Waals surface area contributed by atoms with Gasteiger partial charge in [0.1, 0.15) is 36.6 Å². The van der Waals surface area contributed by atoms with Gasteiger partial charge in [0.25, 0.3) is 5.91 Å². The summed E-state index contributed by atoms with van der Waals surface area (Å²) in [6.45, 7) is 8.79. The Balaban J connectivity index is 0.859. The van der Waals surface area contributed by atoms with Crippen LogP contribution in [0.5, 0.6) is 5.75 Å². The number of aliphatic hydroxyl groups is 1. The second kappa shape index (κ2) is 19.8. The molecule has 0 bridgehead atoms. The summed E-state index contributed by atoms with van der Waals surface area (Å²) in [7, 11) is -4.38. The third-order valence-electron chi connectivity index (χ3n) is 11.8. The van der Waals surface area contributed by atoms with Crippen LogP contribution in [-0.4, -0.2) is 106 Å². The highest BCUT2D eigenvalue weighted by molar-refractivity contribution is 7.92. The van der Waals surface area contributed by atoms with Crippen LogP contribution in [0.2, 0.25) is 0 Å². The highest BCUT2D eigenvalue weighted by Gasteiger charge is 2.45. The Kier molecular flexibility index (Phi) is 14.3. The fourth-order valence-corrected chi connectivity index (χ4v) is 10.2. The van der Waals surface area contributed by atoms with E-state index in [0.717, 1.165) is 21.7 Å². The minimum atomic E-state index is -4.38. The first-order valence-corrected chi connectivity index (χ1v) is 24.2. The Bertz CT molecular complexity index is 2810. The van der Waals surface area contributed by atoms with Crippen molar-refractivity contribution in [2.45, 2.75) is 97.5 Å². The van der Waals surface area contributed by atoms with E-state index in [0.29, 0.717) is 41.2 Å². The number of phenols is 1. The maximum absolute atomic E-state index is 15.8. The Hall–Kier alpha value is -6.45. The average molecular weight is 960 g/mol. The predicted molar refractivity (Wildman–Crippen MR) is 249 cm³/mol. The monoisotopic (exact) mass is 959 g/mol. The molecule has 2 fully saturated rings. The summed E-state index contributed by atoms with van der Waals surface area (Å²) >= 11 is 1.56. The van der Waals surface area contributed by atoms with E-state index < -0.39 is 75.3 Å². The number of nitrogens with zero attached hydrogens (tertiary/aromatic N) is 5. The van der Waals surface area contributed by atoms with Crippen molar-refractivity contribution in [1.29, 1.82) is 0 Å². The summed E-state index contributed by atoms with van der Waals surface area (Å²) < 4.78 is 44.1. The molecule has 2 aliphatic heterocycles. The number of halogens is 1. The molecular weight excluding hydrogens is 906 g/mol. The van der Waals surface area contributed by atoms with Gasteiger partial charge in [-0.1, -0.05) is 63.6 Å². The van der Waals surface area contributed by atoms with Crippen molar-refractivity contribution < 1.29 is 47.0 Å². The molecule has 4 atom stereocenters. The summed E-state index contributed by atoms with van der Waals surface area (Å²) in [5.74, 6) is -4.03. The standard InChI is InChI=1S/C46H54FN9O9S2/c1-26(28-10-12-29(13-11-28)42-27(2)49-25-66-42)51-44(62)35-19-33(57)22-55(35)45(63)43(46(3,4)5)52-37(59)9-7-6-8-16-48-38(60)23-54-21-32(20-50-54)30-14-15-31-18-36(58)41(40(47)34(31)17-30)56-24-39(61)53-67(56,64)65/h10-15,17-18,20-21,25-26,33,35,43,57-58H,6-9,16,19,22-24H2,1-5H3,(H,48,60)(H,51,62)(H,52,59)(H,53,61). The lowest BCUT2D eigenvalue weighted by Gasteiger charge is -2.35. The van der Waals surface area contributed by atoms with Crippen LogP contribution < -0.4 is 25.0 Å². The lowest BCUT2D eigenvalue weighted by molar-refractivity contribution is -0.144. The van der Waals surface area contributed by atoms with Gasteiger partial charge < -0.3 is 31.1 Å². The number of hydrogen-bond acceptors (Lipinski definition) is 12. The number of hydrogen-bond donors (Lipinski definition) is 6. The summed E-state index contributed by atoms with van der Waals surface area (Å²) in [5.41, 5.74) is 4.34. The summed E-state index contributed by atoms with van der Waals surface area (Å²) in [4.78, 5) is 72.2. The molecule has 18 nitrogen and oxygen atoms in total. The molecule has 2 aromatic heterocycles. The molecule has 5 aromatic rings. The number of anilines is 1. The third kappa shape index (κ3) is 11.1. The quantitative estimate of drug-likeness (QED) is 0.0766. The first kappa shape index (κ1) is 48.5. The number of carbonyl (C=O) groups excluding carboxylic acids is 5. The number of unbranched alkanes of at least 4 members (excludes halogenated alkanes) is 2. The minimum absolute atomic E-state index is 0.00457. The molecule has 67 heavy (non-hydrogen) atoms. The second-order valence-corrected chi connectivity index (χ2v) is 20.4. The molecule has 21 heteroatoms. The SMILES string of the molecule is Cc1ncsc1-c1ccc(C(C)NC(=O)C2CC(O)CN2C(=O)C(NC(=O)CCCCCNC(=O)Cn2cc(-c3ccc4cc(O)c(N5CC(=O)NS5(=O)=O)c(F)c4c3)cn2)C(C)(C)C)cc1. The molecule has 6 N–H and O–H groups in total. The van der Waals surface area contributed by atoms with Crippen LogP contribution in [-0.2, 0) is 40.7 Å². The Morgan fingerprint density at radius 1 is 1.00 bits per heavy atom. The number of thiazole rings is 1. The fraction of sp³-hybridized carbons (Fsp3) is 0.413. The van der Waals surface area contributed by atoms with Gasteiger partial charge in [0, 0.05) is 43.1 Å². The number of aryl methyl sites for hydroxylation is 1. The number of amides is 5. The van der Waals surface area contributed by atoms with Crippen molar-refractivity contribution in [2.24, 2.45) is 5.41 Å². The van der Waals surface area contributed by atoms with Gasteiger partial charge >= 0.3 is 10.2 Å². The van der Waals surface area contributed by atoms with Gasteiger partial charge in [-0.2, -0.15) is 13.5 Å². The van der Waals surface area contributed by atoms with Crippen LogP contribution in [0, 0.1) is 18.2 Å². The first-order valence-electron chi connectivity index (χ1n) is 21.9. The topological polar surface area (TPSA) is 245 Å². The maximum atomic E-state index is 15.8. The molecule has 0 saturated carbocycles. The lowest BCUT2D eigenvalue weighted by atomic mass is 9.85. The fourth-order valence-electron chi connectivity index (χ4n) is 8.26. The molecule has 356 valence electrons. The van der Waals surface area contributed by atoms with E-state index in [2.05, 4.69) is 26.0 Å². The van der Waals surface area contributed by atoms with Gasteiger partial charge in [-0.15, -0.1) is 11.3 Å². The van der Waals surface area contributed by atoms with E-state index in [-0.39, 0.29) is 54.6 Å². The first-order chi connectivity index (χ1) is 31.7. The molecule has 4 unspecified atom stereocenters. The number of benzene rings is 3. The van der Waals surface area contributed by atoms with Crippen molar-refractivity contribution in [1.82, 2.24) is 40.3 Å². The number of likely N-dealkylation sites (tertiary alicyclic amines) is 1. The zero-order chi connectivity index (χ0) is 48.4.